The minimum absolute atomic E-state index is 0.00235. The second-order valence-electron chi connectivity index (χ2n) is 11.7. The number of phenolic OH excluding ortho intramolecular Hbond substituents is 1. The summed E-state index contributed by atoms with van der Waals surface area (Å²) in [7, 11) is -13.7. The second-order valence-corrected chi connectivity index (χ2v) is 16.4. The molecule has 19 nitrogen and oxygen atoms in total. The van der Waals surface area contributed by atoms with Gasteiger partial charge in [0.1, 0.15) is 26.9 Å². The Hall–Kier alpha value is -6.79. The van der Waals surface area contributed by atoms with Crippen LogP contribution in [0.25, 0.3) is 10.8 Å². The zero-order valence-corrected chi connectivity index (χ0v) is 31.4. The van der Waals surface area contributed by atoms with E-state index in [1.807, 2.05) is 0 Å². The molecule has 6 aromatic rings. The maximum absolute atomic E-state index is 14.3. The number of sulfone groups is 1. The Balaban J connectivity index is 1.40. The lowest BCUT2D eigenvalue weighted by molar-refractivity contribution is 0.480. The van der Waals surface area contributed by atoms with E-state index < -0.39 is 68.8 Å². The zero-order chi connectivity index (χ0) is 41.3. The van der Waals surface area contributed by atoms with Crippen LogP contribution in [0.1, 0.15) is 5.56 Å². The van der Waals surface area contributed by atoms with Crippen LogP contribution >= 0.6 is 0 Å². The van der Waals surface area contributed by atoms with Crippen molar-refractivity contribution in [1.29, 1.82) is 0 Å². The molecule has 1 heterocycles. The molecule has 6 rings (SSSR count). The summed E-state index contributed by atoms with van der Waals surface area (Å²) in [5, 5.41) is 33.3. The van der Waals surface area contributed by atoms with Crippen LogP contribution in [-0.4, -0.2) is 54.4 Å². The molecule has 1 aromatic heterocycles. The lowest BCUT2D eigenvalue weighted by Gasteiger charge is -2.14. The number of phenols is 1. The smallest absolute Gasteiger partial charge is 0.315 e. The Bertz CT molecular complexity index is 2990. The van der Waals surface area contributed by atoms with Gasteiger partial charge in [0.05, 0.1) is 21.7 Å². The Morgan fingerprint density at radius 1 is 0.737 bits per heavy atom. The lowest BCUT2D eigenvalue weighted by atomic mass is 10.0. The average Bonchev–Trinajstić information content (AvgIpc) is 3.13. The highest BCUT2D eigenvalue weighted by Crippen LogP contribution is 2.47. The number of nitrogen functional groups attached to an aromatic ring is 1. The van der Waals surface area contributed by atoms with Gasteiger partial charge in [-0.15, -0.1) is 15.3 Å². The molecule has 0 atom stereocenters. The lowest BCUT2D eigenvalue weighted by Crippen LogP contribution is -2.06. The van der Waals surface area contributed by atoms with Crippen LogP contribution in [0.4, 0.5) is 56.1 Å². The number of nitrogens with two attached hydrogens (primary N) is 1. The van der Waals surface area contributed by atoms with E-state index >= 15 is 0 Å². The van der Waals surface area contributed by atoms with Gasteiger partial charge in [-0.2, -0.15) is 41.3 Å². The summed E-state index contributed by atoms with van der Waals surface area (Å²) >= 11 is 0. The monoisotopic (exact) mass is 834 g/mol. The molecule has 0 bridgehead atoms. The minimum atomic E-state index is -5.00. The van der Waals surface area contributed by atoms with Gasteiger partial charge in [-0.05, 0) is 84.6 Å². The molecule has 0 fully saturated rings. The molecule has 0 aliphatic rings. The van der Waals surface area contributed by atoms with Crippen LogP contribution in [0.5, 0.6) is 5.75 Å². The van der Waals surface area contributed by atoms with Crippen molar-refractivity contribution in [2.45, 2.75) is 21.6 Å². The van der Waals surface area contributed by atoms with E-state index in [4.69, 9.17) is 5.73 Å². The number of azo groups is 2. The van der Waals surface area contributed by atoms with E-state index in [0.29, 0.717) is 5.69 Å². The van der Waals surface area contributed by atoms with Crippen LogP contribution in [0.3, 0.4) is 0 Å². The van der Waals surface area contributed by atoms with Gasteiger partial charge in [0, 0.05) is 16.8 Å². The standard InChI is InChI=1S/C34H27FN10O9S3/c1-3-55(47,48)23-12-9-21(10-13-23)42-45-30-26(57(52,53)54)16-19-15-18(2)29(31(46)27(19)28(30)36)44-43-24-17-22(11-14-25(24)56(49,50)51)38-34-40-32(35)39-33(41-34)37-20-7-5-4-6-8-20/h3-17,46H,1,36H2,2H3,(H,49,50,51)(H,52,53,54)(H2,37,38,39,40,41). The maximum atomic E-state index is 14.3. The topological polar surface area (TPSA) is 301 Å². The fourth-order valence-electron chi connectivity index (χ4n) is 5.24. The predicted molar refractivity (Wildman–Crippen MR) is 206 cm³/mol. The predicted octanol–water partition coefficient (Wildman–Crippen LogP) is 7.49. The van der Waals surface area contributed by atoms with Gasteiger partial charge in [0.25, 0.3) is 20.2 Å². The van der Waals surface area contributed by atoms with E-state index in [-0.39, 0.29) is 50.2 Å². The summed E-state index contributed by atoms with van der Waals surface area (Å²) in [6, 6.07) is 19.1. The molecule has 0 amide bonds. The van der Waals surface area contributed by atoms with Crippen molar-refractivity contribution in [2.24, 2.45) is 20.5 Å². The molecule has 0 unspecified atom stereocenters. The Morgan fingerprint density at radius 3 is 1.96 bits per heavy atom. The summed E-state index contributed by atoms with van der Waals surface area (Å²) in [6.07, 6.45) is -1.15. The fourth-order valence-corrected chi connectivity index (χ4v) is 7.23. The minimum Gasteiger partial charge on any atom is -0.505 e. The number of aromatic nitrogens is 3. The molecule has 0 spiro atoms. The van der Waals surface area contributed by atoms with Gasteiger partial charge in [0.15, 0.2) is 15.6 Å². The number of benzene rings is 5. The van der Waals surface area contributed by atoms with Gasteiger partial charge in [-0.3, -0.25) is 9.11 Å². The molecule has 0 saturated carbocycles. The fraction of sp³-hybridized carbons (Fsp3) is 0.0294. The third-order valence-corrected chi connectivity index (χ3v) is 11.0. The number of aryl methyl sites for hydroxylation is 1. The largest absolute Gasteiger partial charge is 0.505 e. The normalized spacial score (nSPS) is 12.4. The van der Waals surface area contributed by atoms with E-state index in [0.717, 1.165) is 23.6 Å². The molecule has 57 heavy (non-hydrogen) atoms. The molecule has 0 radical (unpaired) electrons. The zero-order valence-electron chi connectivity index (χ0n) is 29.0. The van der Waals surface area contributed by atoms with Gasteiger partial charge in [-0.1, -0.05) is 24.8 Å². The molecule has 5 aromatic carbocycles. The summed E-state index contributed by atoms with van der Waals surface area (Å²) in [5.74, 6) is -1.13. The number of anilines is 5. The van der Waals surface area contributed by atoms with Crippen LogP contribution in [-0.2, 0) is 30.1 Å². The van der Waals surface area contributed by atoms with E-state index in [9.17, 15) is 43.9 Å². The van der Waals surface area contributed by atoms with E-state index in [1.54, 1.807) is 30.3 Å². The highest BCUT2D eigenvalue weighted by molar-refractivity contribution is 7.94. The number of hydrogen-bond donors (Lipinski definition) is 6. The SMILES string of the molecule is C=CS(=O)(=O)c1ccc(N=Nc2c(S(=O)(=O)O)cc3cc(C)c(N=Nc4cc(Nc5nc(F)nc(Nc6ccccc6)n5)ccc4S(=O)(=O)O)c(O)c3c2N)cc1. The number of halogens is 1. The molecular weight excluding hydrogens is 808 g/mol. The van der Waals surface area contributed by atoms with Crippen LogP contribution in [0.15, 0.2) is 132 Å². The van der Waals surface area contributed by atoms with Crippen LogP contribution in [0.2, 0.25) is 0 Å². The van der Waals surface area contributed by atoms with Crippen molar-refractivity contribution < 1.29 is 43.9 Å². The van der Waals surface area contributed by atoms with E-state index in [1.165, 1.54) is 43.3 Å². The van der Waals surface area contributed by atoms with Crippen molar-refractivity contribution in [1.82, 2.24) is 15.0 Å². The molecule has 0 aliphatic carbocycles. The first-order valence-electron chi connectivity index (χ1n) is 15.8. The summed E-state index contributed by atoms with van der Waals surface area (Å²) in [6.45, 7) is 4.70. The summed E-state index contributed by atoms with van der Waals surface area (Å²) < 4.78 is 108. The first-order valence-corrected chi connectivity index (χ1v) is 20.3. The molecule has 0 aliphatic heterocycles. The Morgan fingerprint density at radius 2 is 1.35 bits per heavy atom. The van der Waals surface area contributed by atoms with Gasteiger partial charge in [0.2, 0.25) is 11.9 Å². The number of para-hydroxylation sites is 1. The van der Waals surface area contributed by atoms with Gasteiger partial charge >= 0.3 is 6.08 Å². The Kier molecular flexibility index (Phi) is 10.8. The van der Waals surface area contributed by atoms with Crippen molar-refractivity contribution >= 4 is 92.6 Å². The van der Waals surface area contributed by atoms with Crippen molar-refractivity contribution in [3.63, 3.8) is 0 Å². The molecular formula is C34H27FN10O9S3. The number of nitrogens with one attached hydrogen (secondary N) is 2. The number of fused-ring (bicyclic) bond motifs is 1. The molecule has 23 heteroatoms. The van der Waals surface area contributed by atoms with Crippen molar-refractivity contribution in [3.05, 3.63) is 109 Å². The van der Waals surface area contributed by atoms with Gasteiger partial charge in [-0.25, -0.2) is 8.42 Å². The van der Waals surface area contributed by atoms with Crippen molar-refractivity contribution in [2.75, 3.05) is 16.4 Å². The Labute approximate surface area is 323 Å². The third kappa shape index (κ3) is 8.87. The van der Waals surface area contributed by atoms with Gasteiger partial charge < -0.3 is 21.5 Å². The highest BCUT2D eigenvalue weighted by Gasteiger charge is 2.25. The number of rotatable bonds is 12. The number of nitrogens with zero attached hydrogens (tertiary/aromatic N) is 7. The first kappa shape index (κ1) is 39.9. The number of hydrogen-bond acceptors (Lipinski definition) is 17. The maximum Gasteiger partial charge on any atom is 0.315 e. The molecule has 7 N–H and O–H groups in total. The van der Waals surface area contributed by atoms with Crippen LogP contribution in [0, 0.1) is 13.0 Å². The molecule has 292 valence electrons. The quantitative estimate of drug-likeness (QED) is 0.0395. The summed E-state index contributed by atoms with van der Waals surface area (Å²) in [5.41, 5.74) is 5.31. The first-order chi connectivity index (χ1) is 26.8. The third-order valence-electron chi connectivity index (χ3n) is 7.86. The second kappa shape index (κ2) is 15.4. The summed E-state index contributed by atoms with van der Waals surface area (Å²) in [4.78, 5) is 9.73. The molecule has 0 saturated heterocycles. The average molecular weight is 835 g/mol. The highest BCUT2D eigenvalue weighted by atomic mass is 32.2. The number of aromatic hydroxyl groups is 1. The van der Waals surface area contributed by atoms with Crippen LogP contribution < -0.4 is 16.4 Å². The van der Waals surface area contributed by atoms with E-state index in [2.05, 4.69) is 52.6 Å². The van der Waals surface area contributed by atoms with Crippen molar-refractivity contribution in [3.8, 4) is 5.75 Å².